The Labute approximate surface area is 183 Å². The molecule has 0 aliphatic heterocycles. The van der Waals surface area contributed by atoms with Gasteiger partial charge >= 0.3 is 0 Å². The van der Waals surface area contributed by atoms with Gasteiger partial charge in [-0.3, -0.25) is 4.79 Å². The molecule has 0 atom stereocenters. The van der Waals surface area contributed by atoms with Crippen molar-refractivity contribution in [3.05, 3.63) is 76.7 Å². The zero-order chi connectivity index (χ0) is 21.3. The number of hydrogen-bond donors (Lipinski definition) is 0. The maximum Gasteiger partial charge on any atom is 0.248 e. The quantitative estimate of drug-likeness (QED) is 0.384. The molecule has 2 aromatic carbocycles. The van der Waals surface area contributed by atoms with Gasteiger partial charge in [0, 0.05) is 18.7 Å². The van der Waals surface area contributed by atoms with Gasteiger partial charge in [0.15, 0.2) is 0 Å². The predicted molar refractivity (Wildman–Crippen MR) is 117 cm³/mol. The number of aromatic nitrogens is 3. The average molecular weight is 439 g/mol. The summed E-state index contributed by atoms with van der Waals surface area (Å²) in [6, 6.07) is 14.5. The molecule has 4 aromatic rings. The Morgan fingerprint density at radius 1 is 1.07 bits per heavy atom. The minimum atomic E-state index is -0.341. The number of amides is 1. The van der Waals surface area contributed by atoms with E-state index in [2.05, 4.69) is 15.1 Å². The van der Waals surface area contributed by atoms with Crippen molar-refractivity contribution in [1.29, 1.82) is 0 Å². The van der Waals surface area contributed by atoms with E-state index in [0.29, 0.717) is 32.7 Å². The van der Waals surface area contributed by atoms with Crippen LogP contribution in [0.1, 0.15) is 12.5 Å². The molecule has 30 heavy (non-hydrogen) atoms. The minimum absolute atomic E-state index is 0.174. The minimum Gasteiger partial charge on any atom is -0.336 e. The van der Waals surface area contributed by atoms with Crippen LogP contribution in [0.25, 0.3) is 22.5 Å². The molecule has 0 fully saturated rings. The Kier molecular flexibility index (Phi) is 5.53. The van der Waals surface area contributed by atoms with E-state index in [0.717, 1.165) is 11.1 Å². The summed E-state index contributed by atoms with van der Waals surface area (Å²) in [5.41, 5.74) is 3.83. The molecule has 0 aliphatic rings. The fourth-order valence-corrected chi connectivity index (χ4v) is 3.76. The van der Waals surface area contributed by atoms with E-state index in [1.165, 1.54) is 18.2 Å². The summed E-state index contributed by atoms with van der Waals surface area (Å²) in [6.07, 6.45) is 3.03. The van der Waals surface area contributed by atoms with E-state index in [1.807, 2.05) is 31.2 Å². The van der Waals surface area contributed by atoms with Gasteiger partial charge in [0.2, 0.25) is 11.8 Å². The number of rotatable bonds is 4. The molecule has 150 valence electrons. The number of carbonyl (C=O) groups is 1. The number of halogens is 2. The van der Waals surface area contributed by atoms with Gasteiger partial charge < -0.3 is 4.52 Å². The molecule has 0 aliphatic carbocycles. The second kappa shape index (κ2) is 8.26. The first kappa shape index (κ1) is 20.1. The molecule has 2 aromatic heterocycles. The number of anilines is 2. The molecule has 1 amide bonds. The number of benzene rings is 2. The maximum atomic E-state index is 12.7. The van der Waals surface area contributed by atoms with Gasteiger partial charge in [-0.05, 0) is 31.2 Å². The van der Waals surface area contributed by atoms with Crippen LogP contribution in [-0.2, 0) is 4.79 Å². The van der Waals surface area contributed by atoms with Gasteiger partial charge in [-0.1, -0.05) is 58.2 Å². The third kappa shape index (κ3) is 3.67. The van der Waals surface area contributed by atoms with Gasteiger partial charge in [-0.15, -0.1) is 0 Å². The topological polar surface area (TPSA) is 72.1 Å². The van der Waals surface area contributed by atoms with Crippen LogP contribution in [0.15, 0.2) is 65.6 Å². The zero-order valence-electron chi connectivity index (χ0n) is 16.1. The van der Waals surface area contributed by atoms with Crippen LogP contribution in [0.2, 0.25) is 10.0 Å². The first-order chi connectivity index (χ1) is 14.5. The second-order valence-corrected chi connectivity index (χ2v) is 7.41. The summed E-state index contributed by atoms with van der Waals surface area (Å²) in [4.78, 5) is 22.4. The smallest absolute Gasteiger partial charge is 0.248 e. The maximum absolute atomic E-state index is 12.7. The summed E-state index contributed by atoms with van der Waals surface area (Å²) in [7, 11) is 0. The van der Waals surface area contributed by atoms with Crippen molar-refractivity contribution in [2.75, 3.05) is 4.90 Å². The third-order valence-corrected chi connectivity index (χ3v) is 5.09. The molecule has 2 heterocycles. The lowest BCUT2D eigenvalue weighted by atomic mass is 10.0. The van der Waals surface area contributed by atoms with Crippen molar-refractivity contribution < 1.29 is 9.32 Å². The van der Waals surface area contributed by atoms with E-state index in [-0.39, 0.29) is 11.8 Å². The SMILES string of the molecule is CC(=O)N(c1onc(-c2cccc(C)c2)c1-c1ccncn1)c1c(Cl)cccc1Cl. The standard InChI is InChI=1S/C22H16Cl2N4O2/c1-13-5-3-6-15(11-13)20-19(18-9-10-25-12-26-18)22(30-27-20)28(14(2)29)21-16(23)7-4-8-17(21)24/h3-12H,1-2H3. The highest BCUT2D eigenvalue weighted by atomic mass is 35.5. The van der Waals surface area contributed by atoms with E-state index in [1.54, 1.807) is 30.5 Å². The largest absolute Gasteiger partial charge is 0.336 e. The van der Waals surface area contributed by atoms with Gasteiger partial charge in [0.25, 0.3) is 0 Å². The summed E-state index contributed by atoms with van der Waals surface area (Å²) < 4.78 is 5.71. The summed E-state index contributed by atoms with van der Waals surface area (Å²) >= 11 is 12.8. The van der Waals surface area contributed by atoms with Crippen molar-refractivity contribution in [1.82, 2.24) is 15.1 Å². The molecule has 4 rings (SSSR count). The van der Waals surface area contributed by atoms with Gasteiger partial charge in [0.1, 0.15) is 12.0 Å². The van der Waals surface area contributed by atoms with E-state index in [9.17, 15) is 4.79 Å². The molecule has 0 spiro atoms. The van der Waals surface area contributed by atoms with Crippen molar-refractivity contribution in [2.24, 2.45) is 0 Å². The molecular formula is C22H16Cl2N4O2. The Balaban J connectivity index is 2.01. The first-order valence-electron chi connectivity index (χ1n) is 9.05. The van der Waals surface area contributed by atoms with Crippen LogP contribution in [0.4, 0.5) is 11.6 Å². The number of para-hydroxylation sites is 1. The number of carbonyl (C=O) groups excluding carboxylic acids is 1. The number of aryl methyl sites for hydroxylation is 1. The van der Waals surface area contributed by atoms with Crippen LogP contribution < -0.4 is 4.90 Å². The lowest BCUT2D eigenvalue weighted by Crippen LogP contribution is -2.23. The summed E-state index contributed by atoms with van der Waals surface area (Å²) in [5, 5.41) is 4.89. The van der Waals surface area contributed by atoms with Gasteiger partial charge in [-0.25, -0.2) is 14.9 Å². The van der Waals surface area contributed by atoms with Crippen molar-refractivity contribution in [3.63, 3.8) is 0 Å². The number of nitrogens with zero attached hydrogens (tertiary/aromatic N) is 4. The molecule has 0 bridgehead atoms. The molecule has 6 nitrogen and oxygen atoms in total. The van der Waals surface area contributed by atoms with Crippen LogP contribution in [-0.4, -0.2) is 21.0 Å². The van der Waals surface area contributed by atoms with E-state index < -0.39 is 0 Å². The fourth-order valence-electron chi connectivity index (χ4n) is 3.20. The lowest BCUT2D eigenvalue weighted by Gasteiger charge is -2.21. The fraction of sp³-hybridized carbons (Fsp3) is 0.0909. The van der Waals surface area contributed by atoms with Gasteiger partial charge in [-0.2, -0.15) is 0 Å². The van der Waals surface area contributed by atoms with Crippen molar-refractivity contribution >= 4 is 40.7 Å². The monoisotopic (exact) mass is 438 g/mol. The molecule has 8 heteroatoms. The van der Waals surface area contributed by atoms with Crippen LogP contribution in [0.5, 0.6) is 0 Å². The third-order valence-electron chi connectivity index (χ3n) is 4.48. The van der Waals surface area contributed by atoms with Crippen LogP contribution >= 0.6 is 23.2 Å². The highest BCUT2D eigenvalue weighted by Gasteiger charge is 2.30. The van der Waals surface area contributed by atoms with Crippen LogP contribution in [0, 0.1) is 6.92 Å². The summed E-state index contributed by atoms with van der Waals surface area (Å²) in [5.74, 6) is -0.167. The highest BCUT2D eigenvalue weighted by Crippen LogP contribution is 2.45. The zero-order valence-corrected chi connectivity index (χ0v) is 17.6. The van der Waals surface area contributed by atoms with E-state index >= 15 is 0 Å². The Morgan fingerprint density at radius 2 is 1.80 bits per heavy atom. The predicted octanol–water partition coefficient (Wildman–Crippen LogP) is 6.10. The summed E-state index contributed by atoms with van der Waals surface area (Å²) in [6.45, 7) is 3.39. The molecular weight excluding hydrogens is 423 g/mol. The first-order valence-corrected chi connectivity index (χ1v) is 9.80. The Hall–Kier alpha value is -3.22. The van der Waals surface area contributed by atoms with Crippen molar-refractivity contribution in [3.8, 4) is 22.5 Å². The Morgan fingerprint density at radius 3 is 2.43 bits per heavy atom. The average Bonchev–Trinajstić information content (AvgIpc) is 3.15. The second-order valence-electron chi connectivity index (χ2n) is 6.60. The molecule has 0 saturated heterocycles. The van der Waals surface area contributed by atoms with Gasteiger partial charge in [0.05, 0.1) is 27.0 Å². The van der Waals surface area contributed by atoms with Crippen LogP contribution in [0.3, 0.4) is 0 Å². The lowest BCUT2D eigenvalue weighted by molar-refractivity contribution is -0.116. The molecule has 0 unspecified atom stereocenters. The van der Waals surface area contributed by atoms with Crippen molar-refractivity contribution in [2.45, 2.75) is 13.8 Å². The van der Waals surface area contributed by atoms with E-state index in [4.69, 9.17) is 27.7 Å². The molecule has 0 saturated carbocycles. The number of hydrogen-bond acceptors (Lipinski definition) is 5. The Bertz CT molecular complexity index is 1200. The normalized spacial score (nSPS) is 10.8. The molecule has 0 radical (unpaired) electrons. The molecule has 0 N–H and O–H groups in total. The highest BCUT2D eigenvalue weighted by molar-refractivity contribution is 6.40.